The van der Waals surface area contributed by atoms with E-state index in [1.165, 1.54) is 28.4 Å². The smallest absolute Gasteiger partial charge is 0.268 e. The zero-order valence-corrected chi connectivity index (χ0v) is 14.0. The Labute approximate surface area is 142 Å². The first-order valence-corrected chi connectivity index (χ1v) is 8.06. The van der Waals surface area contributed by atoms with E-state index in [1.54, 1.807) is 37.4 Å². The van der Waals surface area contributed by atoms with Crippen LogP contribution in [0, 0.1) is 12.7 Å². The van der Waals surface area contributed by atoms with Crippen LogP contribution in [0.2, 0.25) is 0 Å². The molecule has 0 spiro atoms. The van der Waals surface area contributed by atoms with E-state index in [0.717, 1.165) is 15.6 Å². The van der Waals surface area contributed by atoms with E-state index in [-0.39, 0.29) is 11.7 Å². The van der Waals surface area contributed by atoms with Gasteiger partial charge in [-0.05, 0) is 60.3 Å². The van der Waals surface area contributed by atoms with Gasteiger partial charge < -0.3 is 10.6 Å². The number of aryl methyl sites for hydroxylation is 1. The number of carbonyl (C=O) groups excluding carboxylic acids is 2. The molecule has 0 bridgehead atoms. The lowest BCUT2D eigenvalue weighted by molar-refractivity contribution is 0.0991. The molecule has 0 fully saturated rings. The summed E-state index contributed by atoms with van der Waals surface area (Å²) in [4.78, 5) is 26.0. The molecule has 2 amide bonds. The number of hydrogen-bond acceptors (Lipinski definition) is 3. The Morgan fingerprint density at radius 3 is 2.42 bits per heavy atom. The van der Waals surface area contributed by atoms with E-state index < -0.39 is 5.91 Å². The second kappa shape index (κ2) is 6.05. The largest absolute Gasteiger partial charge is 0.366 e. The summed E-state index contributed by atoms with van der Waals surface area (Å²) in [5, 5.41) is 0.751. The molecule has 0 unspecified atom stereocenters. The Hall–Kier alpha value is -2.73. The van der Waals surface area contributed by atoms with E-state index in [2.05, 4.69) is 0 Å². The van der Waals surface area contributed by atoms with Crippen molar-refractivity contribution in [3.8, 4) is 0 Å². The highest BCUT2D eigenvalue weighted by molar-refractivity contribution is 7.21. The predicted molar refractivity (Wildman–Crippen MR) is 94.2 cm³/mol. The van der Waals surface area contributed by atoms with Gasteiger partial charge in [0.1, 0.15) is 5.82 Å². The molecule has 0 aliphatic carbocycles. The third-order valence-electron chi connectivity index (χ3n) is 3.94. The van der Waals surface area contributed by atoms with Crippen LogP contribution in [-0.4, -0.2) is 18.9 Å². The Morgan fingerprint density at radius 1 is 1.12 bits per heavy atom. The van der Waals surface area contributed by atoms with Crippen LogP contribution in [-0.2, 0) is 0 Å². The van der Waals surface area contributed by atoms with Crippen molar-refractivity contribution in [3.63, 3.8) is 0 Å². The van der Waals surface area contributed by atoms with Crippen molar-refractivity contribution in [1.29, 1.82) is 0 Å². The van der Waals surface area contributed by atoms with Gasteiger partial charge in [0.25, 0.3) is 5.91 Å². The highest BCUT2D eigenvalue weighted by atomic mass is 32.1. The van der Waals surface area contributed by atoms with Gasteiger partial charge in [0.15, 0.2) is 0 Å². The van der Waals surface area contributed by atoms with E-state index >= 15 is 0 Å². The zero-order chi connectivity index (χ0) is 17.4. The van der Waals surface area contributed by atoms with Crippen LogP contribution in [0.4, 0.5) is 10.1 Å². The molecule has 24 heavy (non-hydrogen) atoms. The van der Waals surface area contributed by atoms with E-state index in [0.29, 0.717) is 16.1 Å². The molecule has 3 rings (SSSR count). The molecule has 0 saturated carbocycles. The first-order valence-electron chi connectivity index (χ1n) is 7.25. The van der Waals surface area contributed by atoms with E-state index in [9.17, 15) is 14.0 Å². The SMILES string of the molecule is Cc1c(C(=O)N(C)c2ccc(C(N)=O)cc2)sc2ccc(F)cc12. The molecule has 2 N–H and O–H groups in total. The number of halogens is 1. The quantitative estimate of drug-likeness (QED) is 0.788. The number of fused-ring (bicyclic) bond motifs is 1. The summed E-state index contributed by atoms with van der Waals surface area (Å²) in [6.07, 6.45) is 0. The molecule has 122 valence electrons. The minimum absolute atomic E-state index is 0.180. The average molecular weight is 342 g/mol. The lowest BCUT2D eigenvalue weighted by Crippen LogP contribution is -2.26. The molecule has 1 aromatic heterocycles. The summed E-state index contributed by atoms with van der Waals surface area (Å²) >= 11 is 1.34. The number of nitrogens with two attached hydrogens (primary N) is 1. The first kappa shape index (κ1) is 16.1. The summed E-state index contributed by atoms with van der Waals surface area (Å²) < 4.78 is 14.3. The minimum Gasteiger partial charge on any atom is -0.366 e. The molecule has 6 heteroatoms. The number of nitrogens with zero attached hydrogens (tertiary/aromatic N) is 1. The van der Waals surface area contributed by atoms with Crippen molar-refractivity contribution in [3.05, 3.63) is 64.3 Å². The molecule has 4 nitrogen and oxygen atoms in total. The second-order valence-electron chi connectivity index (χ2n) is 5.47. The highest BCUT2D eigenvalue weighted by Crippen LogP contribution is 2.32. The zero-order valence-electron chi connectivity index (χ0n) is 13.2. The molecule has 3 aromatic rings. The molecule has 0 atom stereocenters. The van der Waals surface area contributed by atoms with Gasteiger partial charge in [-0.1, -0.05) is 0 Å². The maximum atomic E-state index is 13.4. The van der Waals surface area contributed by atoms with Crippen molar-refractivity contribution in [1.82, 2.24) is 0 Å². The van der Waals surface area contributed by atoms with Crippen molar-refractivity contribution in [2.24, 2.45) is 5.73 Å². The van der Waals surface area contributed by atoms with Gasteiger partial charge >= 0.3 is 0 Å². The average Bonchev–Trinajstić information content (AvgIpc) is 2.90. The second-order valence-corrected chi connectivity index (χ2v) is 6.52. The molecular weight excluding hydrogens is 327 g/mol. The fraction of sp³-hybridized carbons (Fsp3) is 0.111. The molecule has 2 aromatic carbocycles. The lowest BCUT2D eigenvalue weighted by atomic mass is 10.1. The van der Waals surface area contributed by atoms with Crippen LogP contribution >= 0.6 is 11.3 Å². The summed E-state index contributed by atoms with van der Waals surface area (Å²) in [7, 11) is 1.66. The third kappa shape index (κ3) is 2.76. The maximum absolute atomic E-state index is 13.4. The van der Waals surface area contributed by atoms with Crippen molar-refractivity contribution < 1.29 is 14.0 Å². The van der Waals surface area contributed by atoms with Gasteiger partial charge in [-0.3, -0.25) is 9.59 Å². The predicted octanol–water partition coefficient (Wildman–Crippen LogP) is 3.72. The summed E-state index contributed by atoms with van der Waals surface area (Å²) in [6.45, 7) is 1.82. The molecule has 0 radical (unpaired) electrons. The van der Waals surface area contributed by atoms with Crippen LogP contribution in [0.25, 0.3) is 10.1 Å². The van der Waals surface area contributed by atoms with Crippen molar-refractivity contribution in [2.75, 3.05) is 11.9 Å². The highest BCUT2D eigenvalue weighted by Gasteiger charge is 2.20. The van der Waals surface area contributed by atoms with Crippen LogP contribution in [0.5, 0.6) is 0 Å². The van der Waals surface area contributed by atoms with E-state index in [1.807, 2.05) is 6.92 Å². The third-order valence-corrected chi connectivity index (χ3v) is 5.20. The summed E-state index contributed by atoms with van der Waals surface area (Å²) in [5.74, 6) is -1.02. The van der Waals surface area contributed by atoms with Gasteiger partial charge in [0.2, 0.25) is 5.91 Å². The summed E-state index contributed by atoms with van der Waals surface area (Å²) in [6, 6.07) is 11.0. The fourth-order valence-electron chi connectivity index (χ4n) is 2.52. The van der Waals surface area contributed by atoms with Gasteiger partial charge in [-0.15, -0.1) is 11.3 Å². The number of thiophene rings is 1. The standard InChI is InChI=1S/C18H15FN2O2S/c1-10-14-9-12(19)5-8-15(14)24-16(10)18(23)21(2)13-6-3-11(4-7-13)17(20)22/h3-9H,1-2H3,(H2,20,22). The number of primary amides is 1. The molecule has 0 saturated heterocycles. The molecular formula is C18H15FN2O2S. The van der Waals surface area contributed by atoms with Crippen LogP contribution in [0.3, 0.4) is 0 Å². The van der Waals surface area contributed by atoms with Gasteiger partial charge in [0, 0.05) is 23.0 Å². The van der Waals surface area contributed by atoms with Crippen LogP contribution in [0.1, 0.15) is 25.6 Å². The first-order chi connectivity index (χ1) is 11.4. The van der Waals surface area contributed by atoms with Gasteiger partial charge in [-0.25, -0.2) is 4.39 Å². The normalized spacial score (nSPS) is 10.8. The number of rotatable bonds is 3. The molecule has 0 aliphatic heterocycles. The Bertz CT molecular complexity index is 948. The van der Waals surface area contributed by atoms with Crippen molar-refractivity contribution >= 4 is 38.9 Å². The Balaban J connectivity index is 1.96. The molecule has 0 aliphatic rings. The van der Waals surface area contributed by atoms with E-state index in [4.69, 9.17) is 5.73 Å². The lowest BCUT2D eigenvalue weighted by Gasteiger charge is -2.17. The number of amides is 2. The van der Waals surface area contributed by atoms with Gasteiger partial charge in [0.05, 0.1) is 4.88 Å². The van der Waals surface area contributed by atoms with Crippen molar-refractivity contribution in [2.45, 2.75) is 6.92 Å². The van der Waals surface area contributed by atoms with Gasteiger partial charge in [-0.2, -0.15) is 0 Å². The summed E-state index contributed by atoms with van der Waals surface area (Å²) in [5.41, 5.74) is 7.01. The van der Waals surface area contributed by atoms with Crippen LogP contribution in [0.15, 0.2) is 42.5 Å². The minimum atomic E-state index is -0.516. The number of anilines is 1. The Kier molecular flexibility index (Phi) is 4.07. The monoisotopic (exact) mass is 342 g/mol. The topological polar surface area (TPSA) is 63.4 Å². The number of hydrogen-bond donors (Lipinski definition) is 1. The number of carbonyl (C=O) groups is 2. The maximum Gasteiger partial charge on any atom is 0.268 e. The number of benzene rings is 2. The molecule has 1 heterocycles. The van der Waals surface area contributed by atoms with Crippen LogP contribution < -0.4 is 10.6 Å². The fourth-order valence-corrected chi connectivity index (χ4v) is 3.68. The Morgan fingerprint density at radius 2 is 1.79 bits per heavy atom.